The highest BCUT2D eigenvalue weighted by atomic mass is 16.5. The highest BCUT2D eigenvalue weighted by molar-refractivity contribution is 5.94. The van der Waals surface area contributed by atoms with Crippen molar-refractivity contribution in [2.75, 3.05) is 33.8 Å². The van der Waals surface area contributed by atoms with Crippen LogP contribution in [0, 0.1) is 0 Å². The van der Waals surface area contributed by atoms with Gasteiger partial charge in [0.25, 0.3) is 5.91 Å². The molecule has 1 fully saturated rings. The molecule has 1 aromatic rings. The number of ether oxygens (including phenoxy) is 1. The lowest BCUT2D eigenvalue weighted by Gasteiger charge is -2.33. The summed E-state index contributed by atoms with van der Waals surface area (Å²) in [6.45, 7) is 4.20. The second kappa shape index (κ2) is 6.41. The van der Waals surface area contributed by atoms with Gasteiger partial charge in [0, 0.05) is 58.2 Å². The van der Waals surface area contributed by atoms with Gasteiger partial charge in [-0.1, -0.05) is 0 Å². The number of aromatic nitrogens is 1. The molecular formula is C15H23N3O3. The van der Waals surface area contributed by atoms with Crippen molar-refractivity contribution < 1.29 is 14.3 Å². The molecule has 0 aromatic carbocycles. The molecule has 1 aromatic heterocycles. The van der Waals surface area contributed by atoms with Crippen molar-refractivity contribution in [3.05, 3.63) is 23.5 Å². The normalized spacial score (nSPS) is 19.5. The van der Waals surface area contributed by atoms with Crippen molar-refractivity contribution in [1.82, 2.24) is 14.4 Å². The number of morpholine rings is 1. The lowest BCUT2D eigenvalue weighted by Crippen LogP contribution is -2.49. The van der Waals surface area contributed by atoms with Crippen molar-refractivity contribution >= 4 is 11.7 Å². The lowest BCUT2D eigenvalue weighted by atomic mass is 10.2. The van der Waals surface area contributed by atoms with E-state index in [0.29, 0.717) is 19.7 Å². The zero-order valence-corrected chi connectivity index (χ0v) is 13.1. The molecule has 1 saturated heterocycles. The van der Waals surface area contributed by atoms with E-state index in [9.17, 15) is 9.59 Å². The molecule has 6 nitrogen and oxygen atoms in total. The minimum absolute atomic E-state index is 0.00370. The van der Waals surface area contributed by atoms with Crippen molar-refractivity contribution in [3.8, 4) is 0 Å². The van der Waals surface area contributed by atoms with Gasteiger partial charge < -0.3 is 14.2 Å². The van der Waals surface area contributed by atoms with E-state index in [0.717, 1.165) is 17.8 Å². The topological polar surface area (TPSA) is 54.8 Å². The highest BCUT2D eigenvalue weighted by Crippen LogP contribution is 2.14. The number of likely N-dealkylation sites (N-methyl/N-ethyl adjacent to an activating group) is 1. The van der Waals surface area contributed by atoms with Crippen molar-refractivity contribution in [2.45, 2.75) is 19.6 Å². The van der Waals surface area contributed by atoms with E-state index in [2.05, 4.69) is 4.90 Å². The van der Waals surface area contributed by atoms with Crippen LogP contribution in [0.5, 0.6) is 0 Å². The molecule has 1 aliphatic heterocycles. The number of nitrogens with zero attached hydrogens (tertiary/aromatic N) is 3. The van der Waals surface area contributed by atoms with E-state index >= 15 is 0 Å². The van der Waals surface area contributed by atoms with Crippen LogP contribution >= 0.6 is 0 Å². The Morgan fingerprint density at radius 3 is 2.71 bits per heavy atom. The van der Waals surface area contributed by atoms with Gasteiger partial charge in [-0.05, 0) is 13.0 Å². The summed E-state index contributed by atoms with van der Waals surface area (Å²) in [6, 6.07) is 1.92. The zero-order chi connectivity index (χ0) is 15.6. The van der Waals surface area contributed by atoms with Crippen LogP contribution in [-0.4, -0.2) is 66.0 Å². The van der Waals surface area contributed by atoms with E-state index < -0.39 is 6.10 Å². The third-order valence-electron chi connectivity index (χ3n) is 3.77. The third kappa shape index (κ3) is 3.71. The van der Waals surface area contributed by atoms with Gasteiger partial charge >= 0.3 is 0 Å². The second-order valence-corrected chi connectivity index (χ2v) is 5.71. The third-order valence-corrected chi connectivity index (χ3v) is 3.77. The van der Waals surface area contributed by atoms with E-state index in [4.69, 9.17) is 4.74 Å². The predicted molar refractivity (Wildman–Crippen MR) is 79.1 cm³/mol. The van der Waals surface area contributed by atoms with Crippen LogP contribution in [0.3, 0.4) is 0 Å². The number of Topliss-reactive ketones (excluding diaryl/α,β-unsaturated/α-hetero) is 1. The van der Waals surface area contributed by atoms with Gasteiger partial charge in [-0.15, -0.1) is 0 Å². The monoisotopic (exact) mass is 293 g/mol. The van der Waals surface area contributed by atoms with Crippen molar-refractivity contribution in [2.24, 2.45) is 7.05 Å². The molecular weight excluding hydrogens is 270 g/mol. The van der Waals surface area contributed by atoms with Crippen LogP contribution in [0.15, 0.2) is 12.3 Å². The Morgan fingerprint density at radius 2 is 2.14 bits per heavy atom. The molecule has 0 aliphatic carbocycles. The molecule has 0 unspecified atom stereocenters. The van der Waals surface area contributed by atoms with E-state index in [1.165, 1.54) is 0 Å². The molecule has 0 radical (unpaired) electrons. The quantitative estimate of drug-likeness (QED) is 0.759. The number of carbonyl (C=O) groups is 2. The molecule has 2 rings (SSSR count). The molecule has 0 N–H and O–H groups in total. The molecule has 0 saturated carbocycles. The molecule has 116 valence electrons. The van der Waals surface area contributed by atoms with Crippen molar-refractivity contribution in [3.63, 3.8) is 0 Å². The Bertz CT molecular complexity index is 536. The van der Waals surface area contributed by atoms with E-state index in [-0.39, 0.29) is 11.7 Å². The number of rotatable bonds is 4. The Hall–Kier alpha value is -1.66. The molecule has 21 heavy (non-hydrogen) atoms. The molecule has 0 spiro atoms. The molecule has 2 heterocycles. The first-order valence-electron chi connectivity index (χ1n) is 7.09. The number of ketones is 1. The summed E-state index contributed by atoms with van der Waals surface area (Å²) >= 11 is 0. The van der Waals surface area contributed by atoms with Gasteiger partial charge in [0.2, 0.25) is 0 Å². The van der Waals surface area contributed by atoms with Crippen LogP contribution in [-0.2, 0) is 23.1 Å². The minimum atomic E-state index is -0.402. The molecule has 1 atom stereocenters. The smallest absolute Gasteiger partial charge is 0.252 e. The van der Waals surface area contributed by atoms with Crippen LogP contribution in [0.25, 0.3) is 0 Å². The lowest BCUT2D eigenvalue weighted by molar-refractivity contribution is -0.147. The summed E-state index contributed by atoms with van der Waals surface area (Å²) in [5.74, 6) is 0.0653. The summed E-state index contributed by atoms with van der Waals surface area (Å²) in [5, 5.41) is 0. The Kier molecular flexibility index (Phi) is 4.80. The summed E-state index contributed by atoms with van der Waals surface area (Å²) in [6.07, 6.45) is 1.45. The van der Waals surface area contributed by atoms with E-state index in [1.54, 1.807) is 25.9 Å². The number of carbonyl (C=O) groups excluding carboxylic acids is 2. The maximum absolute atomic E-state index is 12.0. The fraction of sp³-hybridized carbons (Fsp3) is 0.600. The first-order chi connectivity index (χ1) is 9.88. The molecule has 1 amide bonds. The van der Waals surface area contributed by atoms with Gasteiger partial charge in [0.1, 0.15) is 6.10 Å². The second-order valence-electron chi connectivity index (χ2n) is 5.71. The van der Waals surface area contributed by atoms with Gasteiger partial charge in [0.15, 0.2) is 5.78 Å². The molecule has 0 bridgehead atoms. The maximum atomic E-state index is 12.0. The molecule has 6 heteroatoms. The van der Waals surface area contributed by atoms with Gasteiger partial charge in [0.05, 0.1) is 6.61 Å². The Balaban J connectivity index is 2.02. The minimum Gasteiger partial charge on any atom is -0.366 e. The average molecular weight is 293 g/mol. The molecule has 1 aliphatic rings. The summed E-state index contributed by atoms with van der Waals surface area (Å²) < 4.78 is 7.52. The summed E-state index contributed by atoms with van der Waals surface area (Å²) in [4.78, 5) is 27.2. The first-order valence-corrected chi connectivity index (χ1v) is 7.09. The SMILES string of the molecule is CC(=O)c1cc(CN2CCO[C@@H](C(=O)N(C)C)C2)n(C)c1. The number of hydrogen-bond acceptors (Lipinski definition) is 4. The number of hydrogen-bond donors (Lipinski definition) is 0. The summed E-state index contributed by atoms with van der Waals surface area (Å²) in [5.41, 5.74) is 1.79. The first kappa shape index (κ1) is 15.7. The van der Waals surface area contributed by atoms with Gasteiger partial charge in [-0.2, -0.15) is 0 Å². The maximum Gasteiger partial charge on any atom is 0.252 e. The Labute approximate surface area is 125 Å². The number of aryl methyl sites for hydroxylation is 1. The van der Waals surface area contributed by atoms with Crippen LogP contribution in [0.1, 0.15) is 23.0 Å². The van der Waals surface area contributed by atoms with Crippen LogP contribution < -0.4 is 0 Å². The number of amides is 1. The zero-order valence-electron chi connectivity index (χ0n) is 13.1. The van der Waals surface area contributed by atoms with E-state index in [1.807, 2.05) is 23.9 Å². The fourth-order valence-corrected chi connectivity index (χ4v) is 2.47. The van der Waals surface area contributed by atoms with Gasteiger partial charge in [-0.3, -0.25) is 14.5 Å². The Morgan fingerprint density at radius 1 is 1.43 bits per heavy atom. The van der Waals surface area contributed by atoms with Crippen molar-refractivity contribution in [1.29, 1.82) is 0 Å². The summed E-state index contributed by atoms with van der Waals surface area (Å²) in [7, 11) is 5.41. The average Bonchev–Trinajstić information content (AvgIpc) is 2.80. The standard InChI is InChI=1S/C15H23N3O3/c1-11(19)12-7-13(17(4)8-12)9-18-5-6-21-14(10-18)15(20)16(2)3/h7-8,14H,5-6,9-10H2,1-4H3/t14-/m1/s1. The largest absolute Gasteiger partial charge is 0.366 e. The fourth-order valence-electron chi connectivity index (χ4n) is 2.47. The van der Waals surface area contributed by atoms with Gasteiger partial charge in [-0.25, -0.2) is 0 Å². The highest BCUT2D eigenvalue weighted by Gasteiger charge is 2.28. The van der Waals surface area contributed by atoms with Crippen LogP contribution in [0.4, 0.5) is 0 Å². The van der Waals surface area contributed by atoms with Crippen LogP contribution in [0.2, 0.25) is 0 Å². The predicted octanol–water partition coefficient (Wildman–Crippen LogP) is 0.517.